The van der Waals surface area contributed by atoms with Crippen LogP contribution in [0.5, 0.6) is 5.75 Å². The van der Waals surface area contributed by atoms with Crippen LogP contribution in [0.1, 0.15) is 76.9 Å². The van der Waals surface area contributed by atoms with E-state index in [0.29, 0.717) is 6.04 Å². The van der Waals surface area contributed by atoms with Crippen molar-refractivity contribution in [3.8, 4) is 5.75 Å². The van der Waals surface area contributed by atoms with Gasteiger partial charge in [-0.2, -0.15) is 0 Å². The van der Waals surface area contributed by atoms with Crippen molar-refractivity contribution < 1.29 is 5.11 Å². The Bertz CT molecular complexity index is 531. The maximum atomic E-state index is 11.9. The van der Waals surface area contributed by atoms with E-state index in [-0.39, 0.29) is 11.2 Å². The second kappa shape index (κ2) is 9.11. The normalized spacial score (nSPS) is 16.7. The Morgan fingerprint density at radius 3 is 2.52 bits per heavy atom. The van der Waals surface area contributed by atoms with Crippen molar-refractivity contribution in [3.05, 3.63) is 28.2 Å². The Kier molecular flexibility index (Phi) is 7.15. The molecule has 130 valence electrons. The van der Waals surface area contributed by atoms with Crippen LogP contribution in [0, 0.1) is 0 Å². The monoisotopic (exact) mass is 320 g/mol. The van der Waals surface area contributed by atoms with Gasteiger partial charge in [-0.3, -0.25) is 9.69 Å². The summed E-state index contributed by atoms with van der Waals surface area (Å²) >= 11 is 0. The molecule has 2 rings (SSSR count). The van der Waals surface area contributed by atoms with Crippen molar-refractivity contribution in [2.45, 2.75) is 77.8 Å². The highest BCUT2D eigenvalue weighted by atomic mass is 16.3. The van der Waals surface area contributed by atoms with Gasteiger partial charge in [0.2, 0.25) is 5.43 Å². The molecule has 1 aliphatic carbocycles. The summed E-state index contributed by atoms with van der Waals surface area (Å²) in [5.41, 5.74) is 0.800. The predicted octanol–water partition coefficient (Wildman–Crippen LogP) is 4.07. The third-order valence-corrected chi connectivity index (χ3v) is 5.02. The molecule has 23 heavy (non-hydrogen) atoms. The molecule has 0 aromatic carbocycles. The van der Waals surface area contributed by atoms with Crippen LogP contribution in [0.2, 0.25) is 0 Å². The van der Waals surface area contributed by atoms with Gasteiger partial charge in [-0.1, -0.05) is 46.0 Å². The number of pyridine rings is 1. The molecule has 1 aromatic heterocycles. The van der Waals surface area contributed by atoms with Gasteiger partial charge >= 0.3 is 0 Å². The standard InChI is InChI=1S/C19H32N2O2/c1-3-5-12-20(4-2)14-17-13-18(22)19(23)15-21(17)16-10-8-6-7-9-11-16/h13,15-16,23H,3-12,14H2,1-2H3. The maximum Gasteiger partial charge on any atom is 0.223 e. The zero-order chi connectivity index (χ0) is 16.7. The molecule has 4 heteroatoms. The largest absolute Gasteiger partial charge is 0.503 e. The summed E-state index contributed by atoms with van der Waals surface area (Å²) in [5.74, 6) is -0.116. The van der Waals surface area contributed by atoms with E-state index in [9.17, 15) is 9.90 Å². The summed E-state index contributed by atoms with van der Waals surface area (Å²) < 4.78 is 2.19. The second-order valence-corrected chi connectivity index (χ2v) is 6.79. The number of unbranched alkanes of at least 4 members (excludes halogenated alkanes) is 1. The summed E-state index contributed by atoms with van der Waals surface area (Å²) in [5, 5.41) is 9.91. The van der Waals surface area contributed by atoms with E-state index in [2.05, 4.69) is 23.3 Å². The smallest absolute Gasteiger partial charge is 0.223 e. The van der Waals surface area contributed by atoms with Gasteiger partial charge in [0.1, 0.15) is 0 Å². The van der Waals surface area contributed by atoms with Crippen LogP contribution in [-0.2, 0) is 6.54 Å². The van der Waals surface area contributed by atoms with Crippen LogP contribution >= 0.6 is 0 Å². The number of rotatable bonds is 7. The van der Waals surface area contributed by atoms with E-state index in [1.165, 1.54) is 38.5 Å². The average Bonchev–Trinajstić information content (AvgIpc) is 2.83. The lowest BCUT2D eigenvalue weighted by molar-refractivity contribution is 0.261. The first-order valence-corrected chi connectivity index (χ1v) is 9.32. The molecule has 0 aliphatic heterocycles. The number of nitrogens with zero attached hydrogens (tertiary/aromatic N) is 2. The first-order chi connectivity index (χ1) is 11.2. The summed E-state index contributed by atoms with van der Waals surface area (Å²) in [6, 6.07) is 2.07. The fourth-order valence-corrected chi connectivity index (χ4v) is 3.54. The maximum absolute atomic E-state index is 11.9. The summed E-state index contributed by atoms with van der Waals surface area (Å²) in [6.07, 6.45) is 11.4. The van der Waals surface area contributed by atoms with Crippen molar-refractivity contribution in [1.82, 2.24) is 9.47 Å². The van der Waals surface area contributed by atoms with Gasteiger partial charge in [-0.15, -0.1) is 0 Å². The number of aromatic nitrogens is 1. The van der Waals surface area contributed by atoms with E-state index in [4.69, 9.17) is 0 Å². The van der Waals surface area contributed by atoms with Crippen LogP contribution in [0.15, 0.2) is 17.1 Å². The summed E-state index contributed by atoms with van der Waals surface area (Å²) in [7, 11) is 0. The lowest BCUT2D eigenvalue weighted by Crippen LogP contribution is -2.28. The highest BCUT2D eigenvalue weighted by Crippen LogP contribution is 2.29. The van der Waals surface area contributed by atoms with Gasteiger partial charge in [0.25, 0.3) is 0 Å². The van der Waals surface area contributed by atoms with Crippen molar-refractivity contribution >= 4 is 0 Å². The summed E-state index contributed by atoms with van der Waals surface area (Å²) in [4.78, 5) is 14.3. The van der Waals surface area contributed by atoms with Gasteiger partial charge in [-0.05, 0) is 32.4 Å². The molecule has 0 radical (unpaired) electrons. The highest BCUT2D eigenvalue weighted by Gasteiger charge is 2.18. The predicted molar refractivity (Wildman–Crippen MR) is 95.0 cm³/mol. The van der Waals surface area contributed by atoms with Crippen molar-refractivity contribution in [2.24, 2.45) is 0 Å². The fourth-order valence-electron chi connectivity index (χ4n) is 3.54. The number of hydrogen-bond acceptors (Lipinski definition) is 3. The third-order valence-electron chi connectivity index (χ3n) is 5.02. The molecule has 1 saturated carbocycles. The van der Waals surface area contributed by atoms with E-state index in [0.717, 1.165) is 38.2 Å². The Labute approximate surface area is 140 Å². The molecule has 1 heterocycles. The van der Waals surface area contributed by atoms with Crippen molar-refractivity contribution in [2.75, 3.05) is 13.1 Å². The zero-order valence-corrected chi connectivity index (χ0v) is 14.8. The number of aromatic hydroxyl groups is 1. The number of hydrogen-bond donors (Lipinski definition) is 1. The minimum absolute atomic E-state index is 0.116. The minimum Gasteiger partial charge on any atom is -0.503 e. The zero-order valence-electron chi connectivity index (χ0n) is 14.8. The van der Waals surface area contributed by atoms with E-state index < -0.39 is 0 Å². The fraction of sp³-hybridized carbons (Fsp3) is 0.737. The van der Waals surface area contributed by atoms with E-state index >= 15 is 0 Å². The van der Waals surface area contributed by atoms with Crippen LogP contribution in [0.25, 0.3) is 0 Å². The first-order valence-electron chi connectivity index (χ1n) is 9.32. The van der Waals surface area contributed by atoms with Crippen LogP contribution in [0.4, 0.5) is 0 Å². The topological polar surface area (TPSA) is 45.5 Å². The SMILES string of the molecule is CCCCN(CC)Cc1cc(=O)c(O)cn1C1CCCCCC1. The first kappa shape index (κ1) is 18.1. The molecule has 1 fully saturated rings. The molecule has 1 N–H and O–H groups in total. The Morgan fingerprint density at radius 1 is 1.22 bits per heavy atom. The average molecular weight is 320 g/mol. The second-order valence-electron chi connectivity index (χ2n) is 6.79. The molecule has 0 spiro atoms. The highest BCUT2D eigenvalue weighted by molar-refractivity contribution is 5.21. The summed E-state index contributed by atoms with van der Waals surface area (Å²) in [6.45, 7) is 7.22. The molecule has 0 unspecified atom stereocenters. The molecule has 0 saturated heterocycles. The van der Waals surface area contributed by atoms with Crippen LogP contribution in [-0.4, -0.2) is 27.7 Å². The van der Waals surface area contributed by atoms with Crippen molar-refractivity contribution in [1.29, 1.82) is 0 Å². The molecule has 0 atom stereocenters. The Balaban J connectivity index is 2.25. The van der Waals surface area contributed by atoms with Crippen molar-refractivity contribution in [3.63, 3.8) is 0 Å². The lowest BCUT2D eigenvalue weighted by Gasteiger charge is -2.27. The van der Waals surface area contributed by atoms with Crippen LogP contribution in [0.3, 0.4) is 0 Å². The molecule has 1 aliphatic rings. The van der Waals surface area contributed by atoms with Gasteiger partial charge in [0.05, 0.1) is 6.20 Å². The molecular formula is C19H32N2O2. The quantitative estimate of drug-likeness (QED) is 0.770. The molecule has 4 nitrogen and oxygen atoms in total. The lowest BCUT2D eigenvalue weighted by atomic mass is 10.1. The van der Waals surface area contributed by atoms with E-state index in [1.54, 1.807) is 12.3 Å². The van der Waals surface area contributed by atoms with Gasteiger partial charge in [0.15, 0.2) is 5.75 Å². The third kappa shape index (κ3) is 5.10. The van der Waals surface area contributed by atoms with E-state index in [1.807, 2.05) is 0 Å². The molecule has 0 bridgehead atoms. The van der Waals surface area contributed by atoms with Gasteiger partial charge in [-0.25, -0.2) is 0 Å². The molecular weight excluding hydrogens is 288 g/mol. The molecule has 0 amide bonds. The van der Waals surface area contributed by atoms with Gasteiger partial charge < -0.3 is 9.67 Å². The Hall–Kier alpha value is -1.29. The van der Waals surface area contributed by atoms with Gasteiger partial charge in [0, 0.05) is 24.3 Å². The van der Waals surface area contributed by atoms with Crippen LogP contribution < -0.4 is 5.43 Å². The minimum atomic E-state index is -0.253. The Morgan fingerprint density at radius 2 is 1.91 bits per heavy atom. The molecule has 1 aromatic rings.